The van der Waals surface area contributed by atoms with Crippen LogP contribution in [0.1, 0.15) is 184 Å². The molecule has 12 aromatic rings. The fraction of sp³-hybridized carbons (Fsp3) is 0.152. The molecule has 0 saturated heterocycles. The summed E-state index contributed by atoms with van der Waals surface area (Å²) in [5, 5.41) is 83.8. The van der Waals surface area contributed by atoms with E-state index in [2.05, 4.69) is 14.8 Å². The van der Waals surface area contributed by atoms with Crippen molar-refractivity contribution < 1.29 is 207 Å². The van der Waals surface area contributed by atoms with Gasteiger partial charge < -0.3 is 92.1 Å². The smallest absolute Gasteiger partial charge is 0.411 e. The maximum atomic E-state index is 14.6. The zero-order chi connectivity index (χ0) is 108. The van der Waals surface area contributed by atoms with E-state index in [1.165, 1.54) is 101 Å². The topological polar surface area (TPSA) is 525 Å². The number of fused-ring (bicyclic) bond motifs is 4. The molecule has 4 heterocycles. The summed E-state index contributed by atoms with van der Waals surface area (Å²) >= 11 is 0. The number of phenols is 6. The van der Waals surface area contributed by atoms with E-state index in [0.717, 1.165) is 65.6 Å². The number of nitrogen functional groups attached to an aromatic ring is 2. The molecule has 50 heteroatoms. The highest BCUT2D eigenvalue weighted by Crippen LogP contribution is 2.62. The lowest BCUT2D eigenvalue weighted by atomic mass is 9.72. The SMILES string of the molecule is C.C.CNC(=O)c1ccc(Oc2ccc(C(=O)Nc3ccc(C(c4ccc(C)c(O)c4)(C(F)(F)F)C(F)(F)F)cc3O)c(C(=O)O)c2)cc1C(=O)O.Cc1ccc(C(c2ccc(N3C(=O)c4ccc(Oc5ccc6c(c5)C(=O)N(C)C6=O)cc4C3=O)c(O)c2)(C(F)(F)F)C(F)(F)F)cc1O.Nc1ccc(C(c2ccc(N)c(O)c2)(C(F)(F)F)C(F)(F)F)cc1O.O=C1OC(=O)c2cc(Oc3ccc4c(c3)C(=O)OC4=O)ccc21.[OH-]. The van der Waals surface area contributed by atoms with Gasteiger partial charge in [-0.2, -0.15) is 79.0 Å². The number of imide groups is 2. The van der Waals surface area contributed by atoms with Crippen LogP contribution in [-0.4, -0.2) is 174 Å². The summed E-state index contributed by atoms with van der Waals surface area (Å²) in [5.74, 6) is -16.8. The highest BCUT2D eigenvalue weighted by atomic mass is 19.4. The number of aromatic hydroxyl groups is 6. The number of cyclic esters (lactones) is 4. The Hall–Kier alpha value is -18.4. The van der Waals surface area contributed by atoms with Crippen LogP contribution < -0.4 is 41.2 Å². The number of phenolic OH excluding ortho intramolecular Hbond substituents is 6. The first-order valence-corrected chi connectivity index (χ1v) is 40.9. The summed E-state index contributed by atoms with van der Waals surface area (Å²) in [6.07, 6.45) is -35.9. The third-order valence-corrected chi connectivity index (χ3v) is 23.1. The van der Waals surface area contributed by atoms with Crippen LogP contribution in [0.15, 0.2) is 218 Å². The van der Waals surface area contributed by atoms with Gasteiger partial charge in [0, 0.05) is 14.1 Å². The van der Waals surface area contributed by atoms with Crippen molar-refractivity contribution in [2.24, 2.45) is 0 Å². The number of anilines is 4. The molecule has 0 spiro atoms. The third kappa shape index (κ3) is 20.4. The van der Waals surface area contributed by atoms with Crippen molar-refractivity contribution in [1.29, 1.82) is 0 Å². The first-order chi connectivity index (χ1) is 67.9. The average molecular weight is 2100 g/mol. The zero-order valence-electron chi connectivity index (χ0n) is 74.1. The number of alkyl halides is 18. The van der Waals surface area contributed by atoms with E-state index in [1.807, 2.05) is 5.32 Å². The number of aromatic carboxylic acids is 2. The minimum atomic E-state index is -6.05. The highest BCUT2D eigenvalue weighted by molar-refractivity contribution is 6.35. The normalized spacial score (nSPS) is 13.3. The van der Waals surface area contributed by atoms with Gasteiger partial charge in [-0.1, -0.05) is 63.4 Å². The second kappa shape index (κ2) is 41.0. The van der Waals surface area contributed by atoms with E-state index in [4.69, 9.17) is 25.7 Å². The minimum Gasteiger partial charge on any atom is -0.870 e. The van der Waals surface area contributed by atoms with Gasteiger partial charge in [-0.05, 0) is 228 Å². The van der Waals surface area contributed by atoms with Gasteiger partial charge in [-0.3, -0.25) is 33.7 Å². The van der Waals surface area contributed by atoms with Crippen LogP contribution in [0.25, 0.3) is 0 Å². The maximum absolute atomic E-state index is 14.6. The van der Waals surface area contributed by atoms with E-state index < -0.39 is 221 Å². The number of carbonyl (C=O) groups is 12. The predicted octanol–water partition coefficient (Wildman–Crippen LogP) is 20.1. The molecule has 0 aromatic heterocycles. The Morgan fingerprint density at radius 3 is 0.926 bits per heavy atom. The molecule has 149 heavy (non-hydrogen) atoms. The predicted molar refractivity (Wildman–Crippen MR) is 482 cm³/mol. The molecule has 15 N–H and O–H groups in total. The fourth-order valence-corrected chi connectivity index (χ4v) is 15.8. The molecule has 0 unspecified atom stereocenters. The molecule has 0 atom stereocenters. The molecule has 0 radical (unpaired) electrons. The van der Waals surface area contributed by atoms with Crippen LogP contribution in [-0.2, 0) is 25.7 Å². The number of esters is 4. The number of amides is 6. The molecular formula is C99H71F18N6O26-. The lowest BCUT2D eigenvalue weighted by Gasteiger charge is -2.38. The van der Waals surface area contributed by atoms with Gasteiger partial charge in [-0.15, -0.1) is 0 Å². The van der Waals surface area contributed by atoms with Gasteiger partial charge in [0.2, 0.25) is 16.2 Å². The zero-order valence-corrected chi connectivity index (χ0v) is 74.1. The van der Waals surface area contributed by atoms with Gasteiger partial charge in [0.1, 0.15) is 69.0 Å². The molecule has 4 aliphatic heterocycles. The molecule has 0 fully saturated rings. The lowest BCUT2D eigenvalue weighted by molar-refractivity contribution is -0.290. The van der Waals surface area contributed by atoms with Crippen LogP contribution in [0.4, 0.5) is 102 Å². The van der Waals surface area contributed by atoms with Crippen molar-refractivity contribution in [2.75, 3.05) is 35.8 Å². The summed E-state index contributed by atoms with van der Waals surface area (Å²) in [5.41, 5.74) is -15.5. The van der Waals surface area contributed by atoms with Crippen molar-refractivity contribution in [1.82, 2.24) is 10.2 Å². The Labute approximate surface area is 824 Å². The van der Waals surface area contributed by atoms with E-state index in [-0.39, 0.29) is 140 Å². The number of nitrogens with one attached hydrogen (secondary N) is 2. The molecule has 0 bridgehead atoms. The van der Waals surface area contributed by atoms with Gasteiger partial charge in [-0.25, -0.2) is 33.7 Å². The molecule has 4 aliphatic rings. The third-order valence-electron chi connectivity index (χ3n) is 23.1. The van der Waals surface area contributed by atoms with Crippen LogP contribution in [0.5, 0.6) is 69.0 Å². The molecular weight excluding hydrogens is 2030 g/mol. The Morgan fingerprint density at radius 2 is 0.591 bits per heavy atom. The van der Waals surface area contributed by atoms with E-state index in [1.54, 1.807) is 0 Å². The van der Waals surface area contributed by atoms with Crippen LogP contribution >= 0.6 is 0 Å². The van der Waals surface area contributed by atoms with E-state index in [0.29, 0.717) is 77.7 Å². The number of rotatable bonds is 18. The summed E-state index contributed by atoms with van der Waals surface area (Å²) in [6, 6.07) is 31.3. The highest BCUT2D eigenvalue weighted by Gasteiger charge is 2.75. The number of benzene rings is 12. The summed E-state index contributed by atoms with van der Waals surface area (Å²) in [4.78, 5) is 147. The number of ether oxygens (including phenoxy) is 5. The molecule has 0 aliphatic carbocycles. The number of carboxylic acid groups (broad SMARTS) is 2. The fourth-order valence-electron chi connectivity index (χ4n) is 15.8. The standard InChI is InChI=1S/C33H24F6N2O9.C33H20F6N2O7.C16H6O7.C15H12F6N2O2.2CH4.H2O/c1-15-3-4-16(11-25(15)42)31(32(34,35)36,33(37,38)39)17-5-10-24(26(43)12-17)41-28(45)21-9-7-19(14-23(21)30(48)49)50-18-6-8-20(27(44)40-2)22(13-18)29(46)47;1-15-3-4-16(11-25(15)42)31(32(34,35)36,33(37,38)39)17-5-10-24(26(43)12-17)41-29(46)21-9-7-19(14-23(21)30(41)47)48-18-6-8-20-22(13-18)28(45)40(2)27(20)44;17-13-9-3-1-7(5-11(9)15(19)22-13)21-8-2-4-10-12(6-8)16(20)23-14(10)18;16-14(17,18)13(15(19,20)21,7-1-3-9(22)11(24)5-7)8-2-4-10(23)12(25)6-8;;;/h3-14,42-43H,1-2H3,(H,40,44)(H,41,45)(H,46,47)(H,48,49);3-14,42-43H,1-2H3;1-6H;1-6,24-25H,22-23H2;2*1H4;1H2/p-1. The largest absolute Gasteiger partial charge is 0.870 e. The summed E-state index contributed by atoms with van der Waals surface area (Å²) in [7, 11) is 2.59. The van der Waals surface area contributed by atoms with Crippen LogP contribution in [0, 0.1) is 13.8 Å². The second-order valence-corrected chi connectivity index (χ2v) is 31.9. The number of carboxylic acids is 2. The summed E-state index contributed by atoms with van der Waals surface area (Å²) < 4.78 is 283. The second-order valence-electron chi connectivity index (χ2n) is 31.9. The van der Waals surface area contributed by atoms with Gasteiger partial charge in [0.05, 0.1) is 89.5 Å². The Kier molecular flexibility index (Phi) is 31.0. The molecule has 6 amide bonds. The maximum Gasteiger partial charge on any atom is 0.411 e. The van der Waals surface area contributed by atoms with Crippen molar-refractivity contribution in [2.45, 2.75) is 82.0 Å². The van der Waals surface area contributed by atoms with Crippen molar-refractivity contribution in [3.05, 3.63) is 330 Å². The van der Waals surface area contributed by atoms with Crippen LogP contribution in [0.2, 0.25) is 0 Å². The Morgan fingerprint density at radius 1 is 0.315 bits per heavy atom. The van der Waals surface area contributed by atoms with Crippen molar-refractivity contribution in [3.8, 4) is 69.0 Å². The Balaban J connectivity index is 0.000000212. The molecule has 12 aromatic carbocycles. The van der Waals surface area contributed by atoms with Gasteiger partial charge in [0.15, 0.2) is 0 Å². The Bertz CT molecular complexity index is 7360. The average Bonchev–Trinajstić information content (AvgIpc) is 1.44. The quantitative estimate of drug-likeness (QED) is 0.00948. The molecule has 0 saturated carbocycles. The van der Waals surface area contributed by atoms with E-state index in [9.17, 15) is 177 Å². The molecule has 780 valence electrons. The lowest BCUT2D eigenvalue weighted by Crippen LogP contribution is -2.54. The number of hydrogen-bond donors (Lipinski definition) is 12. The minimum absolute atomic E-state index is 0. The number of nitrogens with zero attached hydrogens (tertiary/aromatic N) is 2. The first kappa shape index (κ1) is 113. The number of halogens is 18. The number of hydrogen-bond acceptors (Lipinski definition) is 26. The monoisotopic (exact) mass is 2100 g/mol. The molecule has 32 nitrogen and oxygen atoms in total. The number of aryl methyl sites for hydroxylation is 2. The van der Waals surface area contributed by atoms with Crippen LogP contribution in [0.3, 0.4) is 0 Å². The number of nitrogens with two attached hydrogens (primary N) is 2. The first-order valence-electron chi connectivity index (χ1n) is 40.9. The van der Waals surface area contributed by atoms with E-state index >= 15 is 0 Å². The number of carbonyl (C=O) groups excluding carboxylic acids is 10. The van der Waals surface area contributed by atoms with Crippen molar-refractivity contribution in [3.63, 3.8) is 0 Å². The van der Waals surface area contributed by atoms with Crippen molar-refractivity contribution >= 4 is 94.0 Å². The summed E-state index contributed by atoms with van der Waals surface area (Å²) in [6.45, 7) is 2.53. The van der Waals surface area contributed by atoms with Gasteiger partial charge >= 0.3 is 72.9 Å². The van der Waals surface area contributed by atoms with Gasteiger partial charge in [0.25, 0.3) is 35.4 Å². The molecule has 16 rings (SSSR count).